The van der Waals surface area contributed by atoms with Gasteiger partial charge in [-0.15, -0.1) is 0 Å². The van der Waals surface area contributed by atoms with Gasteiger partial charge in [-0.25, -0.2) is 0 Å². The van der Waals surface area contributed by atoms with Crippen LogP contribution in [0, 0.1) is 0 Å². The molecule has 0 heterocycles. The molecule has 1 rings (SSSR count). The molecule has 1 aromatic carbocycles. The number of hydrogen-bond donors (Lipinski definition) is 2. The van der Waals surface area contributed by atoms with Crippen LogP contribution in [-0.4, -0.2) is 38.5 Å². The predicted molar refractivity (Wildman–Crippen MR) is 77.9 cm³/mol. The molecule has 0 amide bonds. The first-order valence-corrected chi connectivity index (χ1v) is 6.68. The van der Waals surface area contributed by atoms with E-state index >= 15 is 0 Å². The summed E-state index contributed by atoms with van der Waals surface area (Å²) in [5, 5.41) is 9.76. The van der Waals surface area contributed by atoms with Crippen molar-refractivity contribution >= 4 is 21.6 Å². The second-order valence-electron chi connectivity index (χ2n) is 4.48. The van der Waals surface area contributed by atoms with E-state index < -0.39 is 6.10 Å². The molecule has 1 aromatic rings. The van der Waals surface area contributed by atoms with E-state index in [2.05, 4.69) is 15.9 Å². The summed E-state index contributed by atoms with van der Waals surface area (Å²) < 4.78 is 5.93. The number of aliphatic hydroxyl groups excluding tert-OH is 1. The second-order valence-corrected chi connectivity index (χ2v) is 5.40. The van der Waals surface area contributed by atoms with Crippen LogP contribution in [0.2, 0.25) is 0 Å². The molecule has 3 N–H and O–H groups in total. The Morgan fingerprint density at radius 3 is 2.72 bits per heavy atom. The normalized spacial score (nSPS) is 14.3. The predicted octanol–water partition coefficient (Wildman–Crippen LogP) is 1.91. The first-order chi connectivity index (χ1) is 8.45. The molecular formula is C13H21BrN2O2. The van der Waals surface area contributed by atoms with Gasteiger partial charge in [0.05, 0.1) is 12.7 Å². The van der Waals surface area contributed by atoms with Crippen molar-refractivity contribution in [2.45, 2.75) is 19.1 Å². The summed E-state index contributed by atoms with van der Waals surface area (Å²) in [4.78, 5) is 1.99. The lowest BCUT2D eigenvalue weighted by atomic mass is 10.1. The van der Waals surface area contributed by atoms with Gasteiger partial charge < -0.3 is 20.5 Å². The fourth-order valence-electron chi connectivity index (χ4n) is 1.90. The van der Waals surface area contributed by atoms with Crippen molar-refractivity contribution in [2.24, 2.45) is 5.73 Å². The molecule has 0 bridgehead atoms. The summed E-state index contributed by atoms with van der Waals surface area (Å²) in [6.07, 6.45) is -0.510. The summed E-state index contributed by atoms with van der Waals surface area (Å²) in [7, 11) is 3.52. The van der Waals surface area contributed by atoms with E-state index in [0.717, 1.165) is 15.7 Å². The van der Waals surface area contributed by atoms with Crippen LogP contribution in [0.3, 0.4) is 0 Å². The van der Waals surface area contributed by atoms with E-state index in [0.29, 0.717) is 13.2 Å². The first kappa shape index (κ1) is 15.4. The number of anilines is 1. The van der Waals surface area contributed by atoms with Crippen LogP contribution in [0.15, 0.2) is 22.7 Å². The highest BCUT2D eigenvalue weighted by Crippen LogP contribution is 2.28. The minimum Gasteiger partial charge on any atom is -0.389 e. The van der Waals surface area contributed by atoms with Gasteiger partial charge in [0.25, 0.3) is 0 Å². The fourth-order valence-corrected chi connectivity index (χ4v) is 2.28. The lowest BCUT2D eigenvalue weighted by Crippen LogP contribution is -2.32. The van der Waals surface area contributed by atoms with Gasteiger partial charge in [0.15, 0.2) is 0 Å². The largest absolute Gasteiger partial charge is 0.389 e. The second kappa shape index (κ2) is 7.09. The van der Waals surface area contributed by atoms with E-state index in [-0.39, 0.29) is 6.04 Å². The average Bonchev–Trinajstić information content (AvgIpc) is 2.28. The first-order valence-electron chi connectivity index (χ1n) is 5.89. The number of aliphatic hydroxyl groups is 1. The zero-order valence-corrected chi connectivity index (χ0v) is 12.6. The molecule has 2 atom stereocenters. The van der Waals surface area contributed by atoms with Crippen LogP contribution in [0.1, 0.15) is 18.5 Å². The maximum Gasteiger partial charge on any atom is 0.0947 e. The van der Waals surface area contributed by atoms with E-state index in [9.17, 15) is 5.11 Å². The van der Waals surface area contributed by atoms with Crippen molar-refractivity contribution < 1.29 is 9.84 Å². The van der Waals surface area contributed by atoms with Crippen molar-refractivity contribution in [3.8, 4) is 0 Å². The van der Waals surface area contributed by atoms with Gasteiger partial charge in [-0.05, 0) is 30.7 Å². The van der Waals surface area contributed by atoms with E-state index in [4.69, 9.17) is 10.5 Å². The average molecular weight is 317 g/mol. The molecule has 4 nitrogen and oxygen atoms in total. The summed E-state index contributed by atoms with van der Waals surface area (Å²) in [6, 6.07) is 5.93. The Hall–Kier alpha value is -0.620. The Labute approximate surface area is 117 Å². The number of halogens is 1. The van der Waals surface area contributed by atoms with Gasteiger partial charge in [-0.1, -0.05) is 15.9 Å². The SMILES string of the molecule is COCC(O)CN(C)c1ccc(Br)cc1C(C)N. The summed E-state index contributed by atoms with van der Waals surface area (Å²) in [6.45, 7) is 2.79. The standard InChI is InChI=1S/C13H21BrN2O2/c1-9(15)12-6-10(14)4-5-13(12)16(2)7-11(17)8-18-3/h4-6,9,11,17H,7-8,15H2,1-3H3. The third kappa shape index (κ3) is 4.24. The smallest absolute Gasteiger partial charge is 0.0947 e. The highest BCUT2D eigenvalue weighted by Gasteiger charge is 2.14. The minimum absolute atomic E-state index is 0.0560. The number of likely N-dealkylation sites (N-methyl/N-ethyl adjacent to an activating group) is 1. The van der Waals surface area contributed by atoms with Gasteiger partial charge in [-0.2, -0.15) is 0 Å². The number of hydrogen-bond acceptors (Lipinski definition) is 4. The monoisotopic (exact) mass is 316 g/mol. The van der Waals surface area contributed by atoms with E-state index in [1.165, 1.54) is 0 Å². The molecule has 0 aliphatic carbocycles. The number of benzene rings is 1. The molecule has 0 saturated heterocycles. The van der Waals surface area contributed by atoms with Gasteiger partial charge in [0, 0.05) is 36.9 Å². The maximum atomic E-state index is 9.76. The molecule has 0 aromatic heterocycles. The van der Waals surface area contributed by atoms with Crippen LogP contribution in [0.4, 0.5) is 5.69 Å². The molecule has 0 spiro atoms. The maximum absolute atomic E-state index is 9.76. The molecule has 0 radical (unpaired) electrons. The minimum atomic E-state index is -0.510. The van der Waals surface area contributed by atoms with Crippen LogP contribution >= 0.6 is 15.9 Å². The molecule has 5 heteroatoms. The highest BCUT2D eigenvalue weighted by atomic mass is 79.9. The number of nitrogens with two attached hydrogens (primary N) is 1. The third-order valence-corrected chi connectivity index (χ3v) is 3.23. The zero-order chi connectivity index (χ0) is 13.7. The van der Waals surface area contributed by atoms with Crippen molar-refractivity contribution in [1.29, 1.82) is 0 Å². The number of rotatable bonds is 6. The zero-order valence-electron chi connectivity index (χ0n) is 11.1. The van der Waals surface area contributed by atoms with Crippen molar-refractivity contribution in [3.63, 3.8) is 0 Å². The van der Waals surface area contributed by atoms with Crippen molar-refractivity contribution in [2.75, 3.05) is 32.2 Å². The molecule has 0 aliphatic heterocycles. The topological polar surface area (TPSA) is 58.7 Å². The van der Waals surface area contributed by atoms with Gasteiger partial charge in [0.2, 0.25) is 0 Å². The summed E-state index contributed by atoms with van der Waals surface area (Å²) in [5.41, 5.74) is 8.06. The van der Waals surface area contributed by atoms with Crippen LogP contribution in [-0.2, 0) is 4.74 Å². The molecule has 0 fully saturated rings. The lowest BCUT2D eigenvalue weighted by molar-refractivity contribution is 0.0695. The fraction of sp³-hybridized carbons (Fsp3) is 0.538. The molecule has 0 aliphatic rings. The van der Waals surface area contributed by atoms with Crippen LogP contribution in [0.5, 0.6) is 0 Å². The van der Waals surface area contributed by atoms with E-state index in [1.54, 1.807) is 7.11 Å². The van der Waals surface area contributed by atoms with Crippen molar-refractivity contribution in [3.05, 3.63) is 28.2 Å². The number of methoxy groups -OCH3 is 1. The highest BCUT2D eigenvalue weighted by molar-refractivity contribution is 9.10. The van der Waals surface area contributed by atoms with Crippen molar-refractivity contribution in [1.82, 2.24) is 0 Å². The molecule has 2 unspecified atom stereocenters. The van der Waals surface area contributed by atoms with E-state index in [1.807, 2.05) is 37.1 Å². The molecular weight excluding hydrogens is 296 g/mol. The van der Waals surface area contributed by atoms with Gasteiger partial charge in [-0.3, -0.25) is 0 Å². The Morgan fingerprint density at radius 2 is 2.17 bits per heavy atom. The van der Waals surface area contributed by atoms with Crippen LogP contribution < -0.4 is 10.6 Å². The molecule has 102 valence electrons. The Morgan fingerprint density at radius 1 is 1.50 bits per heavy atom. The van der Waals surface area contributed by atoms with Gasteiger partial charge in [0.1, 0.15) is 0 Å². The Bertz CT molecular complexity index is 385. The Kier molecular flexibility index (Phi) is 6.08. The lowest BCUT2D eigenvalue weighted by Gasteiger charge is -2.26. The molecule has 18 heavy (non-hydrogen) atoms. The summed E-state index contributed by atoms with van der Waals surface area (Å²) >= 11 is 3.45. The summed E-state index contributed by atoms with van der Waals surface area (Å²) in [5.74, 6) is 0. The number of ether oxygens (including phenoxy) is 1. The third-order valence-electron chi connectivity index (χ3n) is 2.74. The Balaban J connectivity index is 2.87. The molecule has 0 saturated carbocycles. The quantitative estimate of drug-likeness (QED) is 0.841. The van der Waals surface area contributed by atoms with Gasteiger partial charge >= 0.3 is 0 Å². The number of nitrogens with zero attached hydrogens (tertiary/aromatic N) is 1. The van der Waals surface area contributed by atoms with Crippen LogP contribution in [0.25, 0.3) is 0 Å².